The van der Waals surface area contributed by atoms with Crippen LogP contribution in [0.1, 0.15) is 17.3 Å². The molecule has 0 aromatic heterocycles. The Labute approximate surface area is 92.4 Å². The molecule has 16 heavy (non-hydrogen) atoms. The van der Waals surface area contributed by atoms with Crippen LogP contribution in [0.15, 0.2) is 18.2 Å². The third-order valence-electron chi connectivity index (χ3n) is 1.97. The van der Waals surface area contributed by atoms with Crippen LogP contribution in [0.25, 0.3) is 0 Å². The second-order valence-electron chi connectivity index (χ2n) is 3.45. The van der Waals surface area contributed by atoms with Crippen molar-refractivity contribution in [1.29, 1.82) is 0 Å². The van der Waals surface area contributed by atoms with Gasteiger partial charge < -0.3 is 10.1 Å². The van der Waals surface area contributed by atoms with E-state index >= 15 is 0 Å². The number of methoxy groups -OCH3 is 1. The van der Waals surface area contributed by atoms with Crippen LogP contribution in [-0.4, -0.2) is 25.7 Å². The average Bonchev–Trinajstić information content (AvgIpc) is 2.17. The molecule has 0 bridgehead atoms. The van der Waals surface area contributed by atoms with Crippen molar-refractivity contribution in [3.05, 3.63) is 35.4 Å². The van der Waals surface area contributed by atoms with Crippen LogP contribution in [-0.2, 0) is 4.74 Å². The van der Waals surface area contributed by atoms with E-state index in [4.69, 9.17) is 4.74 Å². The first-order chi connectivity index (χ1) is 7.54. The fourth-order valence-corrected chi connectivity index (χ4v) is 1.27. The third-order valence-corrected chi connectivity index (χ3v) is 1.97. The van der Waals surface area contributed by atoms with Gasteiger partial charge in [0.25, 0.3) is 5.91 Å². The molecule has 0 saturated heterocycles. The van der Waals surface area contributed by atoms with E-state index in [0.717, 1.165) is 12.1 Å². The number of halogens is 2. The molecule has 1 aromatic carbocycles. The first kappa shape index (κ1) is 12.6. The molecule has 0 spiro atoms. The highest BCUT2D eigenvalue weighted by molar-refractivity contribution is 5.94. The second kappa shape index (κ2) is 5.55. The molecule has 3 nitrogen and oxygen atoms in total. The van der Waals surface area contributed by atoms with Crippen molar-refractivity contribution in [3.8, 4) is 0 Å². The summed E-state index contributed by atoms with van der Waals surface area (Å²) >= 11 is 0. The summed E-state index contributed by atoms with van der Waals surface area (Å²) in [6.45, 7) is 2.05. The van der Waals surface area contributed by atoms with E-state index in [1.807, 2.05) is 0 Å². The van der Waals surface area contributed by atoms with Gasteiger partial charge in [-0.15, -0.1) is 0 Å². The fourth-order valence-electron chi connectivity index (χ4n) is 1.27. The van der Waals surface area contributed by atoms with Crippen molar-refractivity contribution < 1.29 is 18.3 Å². The fraction of sp³-hybridized carbons (Fsp3) is 0.364. The van der Waals surface area contributed by atoms with E-state index < -0.39 is 17.5 Å². The predicted molar refractivity (Wildman–Crippen MR) is 55.2 cm³/mol. The molecule has 88 valence electrons. The maximum absolute atomic E-state index is 13.2. The predicted octanol–water partition coefficient (Wildman–Crippen LogP) is 1.73. The maximum atomic E-state index is 13.2. The van der Waals surface area contributed by atoms with Crippen molar-refractivity contribution in [2.75, 3.05) is 13.7 Å². The Balaban J connectivity index is 2.73. The van der Waals surface area contributed by atoms with Crippen molar-refractivity contribution in [3.63, 3.8) is 0 Å². The number of benzene rings is 1. The molecule has 0 heterocycles. The lowest BCUT2D eigenvalue weighted by Gasteiger charge is -2.12. The molecule has 0 fully saturated rings. The summed E-state index contributed by atoms with van der Waals surface area (Å²) < 4.78 is 30.6. The van der Waals surface area contributed by atoms with Gasteiger partial charge in [0.1, 0.15) is 11.6 Å². The number of carbonyl (C=O) groups excluding carboxylic acids is 1. The molecule has 0 aliphatic rings. The van der Waals surface area contributed by atoms with Crippen molar-refractivity contribution in [2.45, 2.75) is 13.0 Å². The molecule has 0 saturated carbocycles. The SMILES string of the molecule is COC[C@@H](C)NC(=O)c1ccc(F)cc1F. The average molecular weight is 229 g/mol. The first-order valence-electron chi connectivity index (χ1n) is 4.79. The van der Waals surface area contributed by atoms with E-state index in [9.17, 15) is 13.6 Å². The second-order valence-corrected chi connectivity index (χ2v) is 3.45. The van der Waals surface area contributed by atoms with E-state index in [2.05, 4.69) is 5.32 Å². The van der Waals surface area contributed by atoms with Crippen molar-refractivity contribution in [2.24, 2.45) is 0 Å². The summed E-state index contributed by atoms with van der Waals surface area (Å²) in [6.07, 6.45) is 0. The molecule has 1 aromatic rings. The summed E-state index contributed by atoms with van der Waals surface area (Å²) in [5, 5.41) is 2.53. The lowest BCUT2D eigenvalue weighted by molar-refractivity contribution is 0.0901. The van der Waals surface area contributed by atoms with Gasteiger partial charge in [-0.25, -0.2) is 8.78 Å². The van der Waals surface area contributed by atoms with Crippen LogP contribution in [0.4, 0.5) is 8.78 Å². The van der Waals surface area contributed by atoms with Gasteiger partial charge in [-0.1, -0.05) is 0 Å². The Morgan fingerprint density at radius 1 is 1.50 bits per heavy atom. The summed E-state index contributed by atoms with van der Waals surface area (Å²) in [5.41, 5.74) is -0.177. The van der Waals surface area contributed by atoms with Crippen molar-refractivity contribution >= 4 is 5.91 Å². The third kappa shape index (κ3) is 3.27. The Kier molecular flexibility index (Phi) is 4.37. The standard InChI is InChI=1S/C11H13F2NO2/c1-7(6-16-2)14-11(15)9-4-3-8(12)5-10(9)13/h3-5,7H,6H2,1-2H3,(H,14,15)/t7-/m1/s1. The number of carbonyl (C=O) groups is 1. The van der Waals surface area contributed by atoms with Crippen LogP contribution in [0.3, 0.4) is 0 Å². The lowest BCUT2D eigenvalue weighted by Crippen LogP contribution is -2.36. The Bertz CT molecular complexity index is 382. The summed E-state index contributed by atoms with van der Waals surface area (Å²) in [5.74, 6) is -2.16. The van der Waals surface area contributed by atoms with Crippen LogP contribution < -0.4 is 5.32 Å². The van der Waals surface area contributed by atoms with Gasteiger partial charge in [-0.05, 0) is 19.1 Å². The molecule has 5 heteroatoms. The molecule has 1 N–H and O–H groups in total. The van der Waals surface area contributed by atoms with Gasteiger partial charge in [0, 0.05) is 19.2 Å². The van der Waals surface area contributed by atoms with E-state index in [1.165, 1.54) is 7.11 Å². The lowest BCUT2D eigenvalue weighted by atomic mass is 10.2. The monoisotopic (exact) mass is 229 g/mol. The Hall–Kier alpha value is -1.49. The smallest absolute Gasteiger partial charge is 0.254 e. The number of hydrogen-bond acceptors (Lipinski definition) is 2. The quantitative estimate of drug-likeness (QED) is 0.853. The summed E-state index contributed by atoms with van der Waals surface area (Å²) in [7, 11) is 1.50. The van der Waals surface area contributed by atoms with Crippen LogP contribution in [0, 0.1) is 11.6 Å². The molecule has 1 amide bonds. The molecule has 0 aliphatic carbocycles. The minimum absolute atomic E-state index is 0.177. The van der Waals surface area contributed by atoms with Gasteiger partial charge in [0.15, 0.2) is 0 Å². The normalized spacial score (nSPS) is 12.2. The number of ether oxygens (including phenoxy) is 1. The van der Waals surface area contributed by atoms with Crippen molar-refractivity contribution in [1.82, 2.24) is 5.32 Å². The van der Waals surface area contributed by atoms with Gasteiger partial charge in [0.2, 0.25) is 0 Å². The molecule has 0 unspecified atom stereocenters. The van der Waals surface area contributed by atoms with E-state index in [0.29, 0.717) is 12.7 Å². The topological polar surface area (TPSA) is 38.3 Å². The molecule has 1 atom stereocenters. The van der Waals surface area contributed by atoms with Gasteiger partial charge >= 0.3 is 0 Å². The van der Waals surface area contributed by atoms with Crippen LogP contribution in [0.2, 0.25) is 0 Å². The largest absolute Gasteiger partial charge is 0.383 e. The number of rotatable bonds is 4. The highest BCUT2D eigenvalue weighted by Crippen LogP contribution is 2.09. The van der Waals surface area contributed by atoms with Gasteiger partial charge in [0.05, 0.1) is 12.2 Å². The zero-order valence-electron chi connectivity index (χ0n) is 9.09. The molecule has 0 radical (unpaired) electrons. The zero-order chi connectivity index (χ0) is 12.1. The van der Waals surface area contributed by atoms with E-state index in [-0.39, 0.29) is 11.6 Å². The molecular formula is C11H13F2NO2. The van der Waals surface area contributed by atoms with Gasteiger partial charge in [-0.3, -0.25) is 4.79 Å². The van der Waals surface area contributed by atoms with Crippen LogP contribution >= 0.6 is 0 Å². The Morgan fingerprint density at radius 3 is 2.75 bits per heavy atom. The maximum Gasteiger partial charge on any atom is 0.254 e. The van der Waals surface area contributed by atoms with Crippen LogP contribution in [0.5, 0.6) is 0 Å². The molecule has 1 rings (SSSR count). The number of amides is 1. The van der Waals surface area contributed by atoms with E-state index in [1.54, 1.807) is 6.92 Å². The first-order valence-corrected chi connectivity index (χ1v) is 4.79. The zero-order valence-corrected chi connectivity index (χ0v) is 9.09. The summed E-state index contributed by atoms with van der Waals surface area (Å²) in [4.78, 5) is 11.5. The highest BCUT2D eigenvalue weighted by atomic mass is 19.1. The molecule has 0 aliphatic heterocycles. The Morgan fingerprint density at radius 2 is 2.19 bits per heavy atom. The number of nitrogens with one attached hydrogen (secondary N) is 1. The molecular weight excluding hydrogens is 216 g/mol. The number of hydrogen-bond donors (Lipinski definition) is 1. The summed E-state index contributed by atoms with van der Waals surface area (Å²) in [6, 6.07) is 2.59. The minimum atomic E-state index is -0.873. The van der Waals surface area contributed by atoms with Gasteiger partial charge in [-0.2, -0.15) is 0 Å². The highest BCUT2D eigenvalue weighted by Gasteiger charge is 2.14. The minimum Gasteiger partial charge on any atom is -0.383 e.